The van der Waals surface area contributed by atoms with E-state index in [0.717, 1.165) is 25.7 Å². The Morgan fingerprint density at radius 3 is 2.33 bits per heavy atom. The second-order valence-corrected chi connectivity index (χ2v) is 6.85. The van der Waals surface area contributed by atoms with Crippen molar-refractivity contribution in [1.82, 2.24) is 4.90 Å². The fourth-order valence-electron chi connectivity index (χ4n) is 3.63. The van der Waals surface area contributed by atoms with Gasteiger partial charge in [-0.25, -0.2) is 0 Å². The van der Waals surface area contributed by atoms with Crippen LogP contribution in [0.3, 0.4) is 0 Å². The van der Waals surface area contributed by atoms with E-state index in [4.69, 9.17) is 0 Å². The summed E-state index contributed by atoms with van der Waals surface area (Å²) in [5, 5.41) is 19.4. The Morgan fingerprint density at radius 1 is 1.19 bits per heavy atom. The summed E-state index contributed by atoms with van der Waals surface area (Å²) >= 11 is 0. The van der Waals surface area contributed by atoms with Crippen molar-refractivity contribution in [1.29, 1.82) is 0 Å². The van der Waals surface area contributed by atoms with Crippen LogP contribution in [-0.2, 0) is 9.59 Å². The second-order valence-electron chi connectivity index (χ2n) is 6.85. The molecule has 2 aliphatic rings. The molecule has 2 unspecified atom stereocenters. The zero-order chi connectivity index (χ0) is 15.5. The number of aliphatic hydroxyl groups excluding tert-OH is 1. The summed E-state index contributed by atoms with van der Waals surface area (Å²) < 4.78 is 0. The van der Waals surface area contributed by atoms with Gasteiger partial charge in [0.15, 0.2) is 0 Å². The summed E-state index contributed by atoms with van der Waals surface area (Å²) in [4.78, 5) is 26.0. The molecule has 1 amide bonds. The number of rotatable bonds is 3. The van der Waals surface area contributed by atoms with Crippen molar-refractivity contribution >= 4 is 11.9 Å². The number of aliphatic carboxylic acids is 1. The van der Waals surface area contributed by atoms with E-state index in [2.05, 4.69) is 0 Å². The predicted molar refractivity (Wildman–Crippen MR) is 78.8 cm³/mol. The van der Waals surface area contributed by atoms with E-state index < -0.39 is 11.4 Å². The van der Waals surface area contributed by atoms with E-state index in [0.29, 0.717) is 32.4 Å². The number of amides is 1. The molecule has 2 rings (SSSR count). The van der Waals surface area contributed by atoms with Crippen molar-refractivity contribution in [2.45, 2.75) is 64.4 Å². The third-order valence-electron chi connectivity index (χ3n) is 5.22. The molecule has 0 radical (unpaired) electrons. The van der Waals surface area contributed by atoms with Gasteiger partial charge in [-0.15, -0.1) is 0 Å². The topological polar surface area (TPSA) is 77.8 Å². The summed E-state index contributed by atoms with van der Waals surface area (Å²) in [6, 6.07) is 0. The minimum atomic E-state index is -0.868. The number of carbonyl (C=O) groups excluding carboxylic acids is 1. The van der Waals surface area contributed by atoms with Gasteiger partial charge in [-0.1, -0.05) is 32.6 Å². The maximum atomic E-state index is 12.5. The smallest absolute Gasteiger partial charge is 0.310 e. The van der Waals surface area contributed by atoms with Crippen molar-refractivity contribution in [3.8, 4) is 0 Å². The fourth-order valence-corrected chi connectivity index (χ4v) is 3.63. The first-order valence-corrected chi connectivity index (χ1v) is 8.14. The molecule has 2 fully saturated rings. The van der Waals surface area contributed by atoms with E-state index in [1.807, 2.05) is 6.92 Å². The lowest BCUT2D eigenvalue weighted by atomic mass is 9.77. The summed E-state index contributed by atoms with van der Waals surface area (Å²) in [7, 11) is 0. The van der Waals surface area contributed by atoms with Crippen molar-refractivity contribution in [2.24, 2.45) is 11.3 Å². The van der Waals surface area contributed by atoms with Gasteiger partial charge >= 0.3 is 5.97 Å². The number of hydrogen-bond acceptors (Lipinski definition) is 3. The number of carbonyl (C=O) groups is 2. The predicted octanol–water partition coefficient (Wildman–Crippen LogP) is 2.03. The number of nitrogens with zero attached hydrogens (tertiary/aromatic N) is 1. The first-order valence-electron chi connectivity index (χ1n) is 8.14. The van der Waals surface area contributed by atoms with Crippen LogP contribution < -0.4 is 0 Å². The fraction of sp³-hybridized carbons (Fsp3) is 0.875. The Labute approximate surface area is 126 Å². The molecule has 1 saturated heterocycles. The first-order chi connectivity index (χ1) is 9.94. The molecular formula is C16H27NO4. The molecular weight excluding hydrogens is 270 g/mol. The van der Waals surface area contributed by atoms with Crippen LogP contribution >= 0.6 is 0 Å². The molecule has 5 nitrogen and oxygen atoms in total. The van der Waals surface area contributed by atoms with Crippen LogP contribution in [0.25, 0.3) is 0 Å². The number of carboxylic acids is 1. The number of carboxylic acid groups (broad SMARTS) is 1. The van der Waals surface area contributed by atoms with Gasteiger partial charge in [0.2, 0.25) is 5.91 Å². The Morgan fingerprint density at radius 2 is 1.81 bits per heavy atom. The minimum Gasteiger partial charge on any atom is -0.481 e. The van der Waals surface area contributed by atoms with Crippen LogP contribution in [0.2, 0.25) is 0 Å². The van der Waals surface area contributed by atoms with Gasteiger partial charge in [-0.2, -0.15) is 0 Å². The number of likely N-dealkylation sites (tertiary alicyclic amines) is 1. The highest BCUT2D eigenvalue weighted by atomic mass is 16.4. The van der Waals surface area contributed by atoms with E-state index in [1.54, 1.807) is 4.90 Å². The minimum absolute atomic E-state index is 0.0574. The van der Waals surface area contributed by atoms with Crippen molar-refractivity contribution in [2.75, 3.05) is 13.1 Å². The lowest BCUT2D eigenvalue weighted by Crippen LogP contribution is -2.47. The first kappa shape index (κ1) is 16.3. The largest absolute Gasteiger partial charge is 0.481 e. The highest BCUT2D eigenvalue weighted by Crippen LogP contribution is 2.39. The summed E-state index contributed by atoms with van der Waals surface area (Å²) in [5.74, 6) is -0.807. The van der Waals surface area contributed by atoms with Gasteiger partial charge in [-0.3, -0.25) is 9.59 Å². The molecule has 1 aliphatic heterocycles. The third-order valence-corrected chi connectivity index (χ3v) is 5.22. The number of piperidine rings is 1. The molecule has 21 heavy (non-hydrogen) atoms. The average Bonchev–Trinajstić information content (AvgIpc) is 2.68. The van der Waals surface area contributed by atoms with Gasteiger partial charge < -0.3 is 15.1 Å². The molecule has 1 saturated carbocycles. The van der Waals surface area contributed by atoms with Gasteiger partial charge in [0.05, 0.1) is 11.5 Å². The lowest BCUT2D eigenvalue weighted by Gasteiger charge is -2.37. The van der Waals surface area contributed by atoms with Crippen molar-refractivity contribution in [3.05, 3.63) is 0 Å². The summed E-state index contributed by atoms with van der Waals surface area (Å²) in [5.41, 5.74) is -0.868. The van der Waals surface area contributed by atoms with Crippen molar-refractivity contribution < 1.29 is 19.8 Å². The van der Waals surface area contributed by atoms with E-state index in [-0.39, 0.29) is 24.3 Å². The van der Waals surface area contributed by atoms with Gasteiger partial charge in [0.25, 0.3) is 0 Å². The second kappa shape index (κ2) is 6.77. The lowest BCUT2D eigenvalue weighted by molar-refractivity contribution is -0.155. The SMILES string of the molecule is CC1CN(C(=O)CC2(C(=O)O)CCCCCC2)CCC1O. The summed E-state index contributed by atoms with van der Waals surface area (Å²) in [6.07, 6.45) is 5.51. The highest BCUT2D eigenvalue weighted by Gasteiger charge is 2.42. The third kappa shape index (κ3) is 3.76. The molecule has 1 heterocycles. The number of hydrogen-bond donors (Lipinski definition) is 2. The Bertz CT molecular complexity index is 388. The van der Waals surface area contributed by atoms with Crippen LogP contribution in [-0.4, -0.2) is 46.2 Å². The Hall–Kier alpha value is -1.10. The maximum Gasteiger partial charge on any atom is 0.310 e. The molecule has 1 aliphatic carbocycles. The molecule has 2 N–H and O–H groups in total. The zero-order valence-electron chi connectivity index (χ0n) is 12.9. The van der Waals surface area contributed by atoms with Gasteiger partial charge in [-0.05, 0) is 25.2 Å². The van der Waals surface area contributed by atoms with Gasteiger partial charge in [0, 0.05) is 19.5 Å². The van der Waals surface area contributed by atoms with Crippen LogP contribution in [0.1, 0.15) is 58.3 Å². The molecule has 0 aromatic heterocycles. The standard InChI is InChI=1S/C16H27NO4/c1-12-11-17(9-6-13(12)18)14(19)10-16(15(20)21)7-4-2-3-5-8-16/h12-13,18H,2-11H2,1H3,(H,20,21). The van der Waals surface area contributed by atoms with Crippen LogP contribution in [0.4, 0.5) is 0 Å². The average molecular weight is 297 g/mol. The van der Waals surface area contributed by atoms with Crippen LogP contribution in [0.5, 0.6) is 0 Å². The molecule has 0 spiro atoms. The Kier molecular flexibility index (Phi) is 5.25. The molecule has 0 aromatic rings. The summed E-state index contributed by atoms with van der Waals surface area (Å²) in [6.45, 7) is 3.01. The quantitative estimate of drug-likeness (QED) is 0.781. The van der Waals surface area contributed by atoms with Crippen LogP contribution in [0.15, 0.2) is 0 Å². The van der Waals surface area contributed by atoms with E-state index >= 15 is 0 Å². The normalized spacial score (nSPS) is 29.7. The van der Waals surface area contributed by atoms with Gasteiger partial charge in [0.1, 0.15) is 0 Å². The molecule has 0 aromatic carbocycles. The van der Waals surface area contributed by atoms with E-state index in [1.165, 1.54) is 0 Å². The van der Waals surface area contributed by atoms with Crippen molar-refractivity contribution in [3.63, 3.8) is 0 Å². The highest BCUT2D eigenvalue weighted by molar-refractivity contribution is 5.85. The maximum absolute atomic E-state index is 12.5. The molecule has 5 heteroatoms. The molecule has 2 atom stereocenters. The van der Waals surface area contributed by atoms with Crippen LogP contribution in [0, 0.1) is 11.3 Å². The zero-order valence-corrected chi connectivity index (χ0v) is 12.9. The molecule has 120 valence electrons. The van der Waals surface area contributed by atoms with E-state index in [9.17, 15) is 19.8 Å². The number of aliphatic hydroxyl groups is 1. The monoisotopic (exact) mass is 297 g/mol. The molecule has 0 bridgehead atoms. The Balaban J connectivity index is 2.03.